The molecule has 0 radical (unpaired) electrons. The van der Waals surface area contributed by atoms with Gasteiger partial charge in [0.15, 0.2) is 8.32 Å². The number of carbonyl (C=O) groups excluding carboxylic acids is 2. The van der Waals surface area contributed by atoms with E-state index in [1.54, 1.807) is 12.1 Å². The van der Waals surface area contributed by atoms with Crippen LogP contribution in [0, 0.1) is 11.8 Å². The first-order valence-corrected chi connectivity index (χ1v) is 13.8. The smallest absolute Gasteiger partial charge is 0.299 e. The summed E-state index contributed by atoms with van der Waals surface area (Å²) in [6.07, 6.45) is 0. The zero-order valence-electron chi connectivity index (χ0n) is 19.2. The fourth-order valence-corrected chi connectivity index (χ4v) is 4.13. The van der Waals surface area contributed by atoms with Crippen molar-refractivity contribution >= 4 is 37.3 Å². The van der Waals surface area contributed by atoms with Gasteiger partial charge in [0, 0.05) is 23.7 Å². The molecular weight excluding hydrogens is 416 g/mol. The van der Waals surface area contributed by atoms with Gasteiger partial charge in [-0.3, -0.25) is 9.59 Å². The maximum absolute atomic E-state index is 12.7. The Balaban J connectivity index is 2.27. The number of Topliss-reactive ketones (excluding diaryl/α,β-unsaturated/α-hetero) is 1. The van der Waals surface area contributed by atoms with Gasteiger partial charge in [-0.05, 0) is 43.4 Å². The third-order valence-electron chi connectivity index (χ3n) is 6.11. The zero-order valence-corrected chi connectivity index (χ0v) is 20.9. The van der Waals surface area contributed by atoms with Gasteiger partial charge in [-0.15, -0.1) is 0 Å². The van der Waals surface area contributed by atoms with Crippen molar-refractivity contribution in [3.05, 3.63) is 28.3 Å². The Kier molecular flexibility index (Phi) is 7.92. The van der Waals surface area contributed by atoms with E-state index in [0.717, 1.165) is 13.1 Å². The lowest BCUT2D eigenvalue weighted by Gasteiger charge is -2.35. The summed E-state index contributed by atoms with van der Waals surface area (Å²) in [5.74, 6) is 5.01. The molecule has 0 bridgehead atoms. The fourth-order valence-electron chi connectivity index (χ4n) is 3.05. The van der Waals surface area contributed by atoms with Crippen LogP contribution in [0.15, 0.2) is 12.1 Å². The number of benzene rings is 1. The number of likely N-dealkylation sites (N-methyl/N-ethyl adjacent to an activating group) is 1. The number of rotatable bonds is 7. The van der Waals surface area contributed by atoms with E-state index < -0.39 is 20.0 Å². The summed E-state index contributed by atoms with van der Waals surface area (Å²) in [7, 11) is -1.90. The van der Waals surface area contributed by atoms with Gasteiger partial charge in [0.05, 0.1) is 17.9 Å². The second-order valence-electron chi connectivity index (χ2n) is 9.01. The SMILES string of the molecule is CCN(CC)CCN1C(=O)C(=O)c2c(C#CCO[Si](C)(C)C(C)(C)C)cc(Cl)cc21. The van der Waals surface area contributed by atoms with E-state index in [0.29, 0.717) is 34.9 Å². The molecule has 7 heteroatoms. The molecule has 0 spiro atoms. The minimum atomic E-state index is -1.90. The molecule has 0 saturated heterocycles. The molecule has 30 heavy (non-hydrogen) atoms. The van der Waals surface area contributed by atoms with Gasteiger partial charge in [-0.25, -0.2) is 0 Å². The Hall–Kier alpha value is -1.65. The summed E-state index contributed by atoms with van der Waals surface area (Å²) in [6, 6.07) is 3.33. The molecule has 2 rings (SSSR count). The Morgan fingerprint density at radius 1 is 1.17 bits per heavy atom. The Morgan fingerprint density at radius 2 is 1.80 bits per heavy atom. The maximum Gasteiger partial charge on any atom is 0.299 e. The number of halogens is 1. The molecule has 1 aromatic carbocycles. The van der Waals surface area contributed by atoms with E-state index in [1.165, 1.54) is 4.90 Å². The summed E-state index contributed by atoms with van der Waals surface area (Å²) in [6.45, 7) is 18.2. The average Bonchev–Trinajstić information content (AvgIpc) is 2.89. The summed E-state index contributed by atoms with van der Waals surface area (Å²) in [4.78, 5) is 29.1. The Bertz CT molecular complexity index is 877. The molecule has 5 nitrogen and oxygen atoms in total. The number of hydrogen-bond acceptors (Lipinski definition) is 4. The fraction of sp³-hybridized carbons (Fsp3) is 0.565. The van der Waals surface area contributed by atoms with Crippen molar-refractivity contribution in [1.82, 2.24) is 4.90 Å². The van der Waals surface area contributed by atoms with E-state index >= 15 is 0 Å². The molecule has 1 amide bonds. The van der Waals surface area contributed by atoms with Crippen LogP contribution in [0.5, 0.6) is 0 Å². The number of anilines is 1. The zero-order chi connectivity index (χ0) is 22.7. The van der Waals surface area contributed by atoms with Crippen LogP contribution in [0.2, 0.25) is 23.2 Å². The lowest BCUT2D eigenvalue weighted by molar-refractivity contribution is -0.114. The number of amides is 1. The molecule has 1 aliphatic heterocycles. The van der Waals surface area contributed by atoms with Crippen LogP contribution in [0.3, 0.4) is 0 Å². The van der Waals surface area contributed by atoms with Crippen LogP contribution in [0.4, 0.5) is 5.69 Å². The molecule has 164 valence electrons. The highest BCUT2D eigenvalue weighted by Crippen LogP contribution is 2.36. The van der Waals surface area contributed by atoms with Crippen molar-refractivity contribution in [2.24, 2.45) is 0 Å². The number of carbonyl (C=O) groups is 2. The van der Waals surface area contributed by atoms with Gasteiger partial charge in [0.2, 0.25) is 0 Å². The maximum atomic E-state index is 12.7. The van der Waals surface area contributed by atoms with Crippen molar-refractivity contribution in [3.63, 3.8) is 0 Å². The summed E-state index contributed by atoms with van der Waals surface area (Å²) < 4.78 is 6.09. The van der Waals surface area contributed by atoms with E-state index in [1.807, 2.05) is 0 Å². The lowest BCUT2D eigenvalue weighted by Crippen LogP contribution is -2.40. The number of fused-ring (bicyclic) bond motifs is 1. The first-order chi connectivity index (χ1) is 13.9. The van der Waals surface area contributed by atoms with Gasteiger partial charge in [-0.2, -0.15) is 0 Å². The molecule has 1 aromatic rings. The monoisotopic (exact) mass is 448 g/mol. The van der Waals surface area contributed by atoms with Crippen molar-refractivity contribution in [1.29, 1.82) is 0 Å². The largest absolute Gasteiger partial charge is 0.406 e. The predicted molar refractivity (Wildman–Crippen MR) is 126 cm³/mol. The van der Waals surface area contributed by atoms with Crippen molar-refractivity contribution in [2.45, 2.75) is 52.8 Å². The number of ketones is 1. The van der Waals surface area contributed by atoms with Gasteiger partial charge < -0.3 is 14.2 Å². The molecule has 0 aliphatic carbocycles. The quantitative estimate of drug-likeness (QED) is 0.348. The van der Waals surface area contributed by atoms with Crippen LogP contribution in [0.25, 0.3) is 0 Å². The Labute approximate surface area is 186 Å². The van der Waals surface area contributed by atoms with Crippen LogP contribution in [-0.2, 0) is 9.22 Å². The van der Waals surface area contributed by atoms with Crippen LogP contribution in [0.1, 0.15) is 50.5 Å². The van der Waals surface area contributed by atoms with Crippen LogP contribution in [-0.4, -0.2) is 57.7 Å². The highest BCUT2D eigenvalue weighted by Gasteiger charge is 2.38. The summed E-state index contributed by atoms with van der Waals surface area (Å²) >= 11 is 6.30. The normalized spacial score (nSPS) is 14.2. The molecule has 0 aromatic heterocycles. The Morgan fingerprint density at radius 3 is 2.37 bits per heavy atom. The second kappa shape index (κ2) is 9.65. The van der Waals surface area contributed by atoms with E-state index in [-0.39, 0.29) is 11.6 Å². The van der Waals surface area contributed by atoms with Crippen molar-refractivity contribution in [3.8, 4) is 11.8 Å². The average molecular weight is 449 g/mol. The summed E-state index contributed by atoms with van der Waals surface area (Å²) in [5, 5.41) is 0.554. The van der Waals surface area contributed by atoms with Crippen LogP contribution >= 0.6 is 11.6 Å². The highest BCUT2D eigenvalue weighted by atomic mass is 35.5. The summed E-state index contributed by atoms with van der Waals surface area (Å²) in [5.41, 5.74) is 1.39. The third kappa shape index (κ3) is 5.33. The van der Waals surface area contributed by atoms with Crippen LogP contribution < -0.4 is 4.90 Å². The van der Waals surface area contributed by atoms with Crippen molar-refractivity contribution in [2.75, 3.05) is 37.7 Å². The lowest BCUT2D eigenvalue weighted by atomic mass is 10.0. The molecule has 0 fully saturated rings. The van der Waals surface area contributed by atoms with Gasteiger partial charge in [-0.1, -0.05) is 58.1 Å². The topological polar surface area (TPSA) is 49.9 Å². The van der Waals surface area contributed by atoms with Gasteiger partial charge in [0.1, 0.15) is 0 Å². The van der Waals surface area contributed by atoms with E-state index in [2.05, 4.69) is 64.5 Å². The minimum Gasteiger partial charge on any atom is -0.406 e. The molecule has 0 N–H and O–H groups in total. The minimum absolute atomic E-state index is 0.0970. The van der Waals surface area contributed by atoms with Gasteiger partial charge >= 0.3 is 0 Å². The highest BCUT2D eigenvalue weighted by molar-refractivity contribution is 6.74. The molecule has 0 unspecified atom stereocenters. The van der Waals surface area contributed by atoms with Crippen molar-refractivity contribution < 1.29 is 14.0 Å². The second-order valence-corrected chi connectivity index (χ2v) is 14.3. The number of nitrogens with zero attached hydrogens (tertiary/aromatic N) is 2. The first kappa shape index (κ1) is 24.6. The first-order valence-electron chi connectivity index (χ1n) is 10.5. The molecule has 0 saturated carbocycles. The third-order valence-corrected chi connectivity index (χ3v) is 10.8. The standard InChI is InChI=1S/C23H33ClN2O3Si/c1-8-25(9-2)12-13-26-19-16-18(24)15-17(20(19)21(27)22(26)28)11-10-14-29-30(6,7)23(3,4)5/h15-16H,8-9,12-14H2,1-7H3. The van der Waals surface area contributed by atoms with E-state index in [4.69, 9.17) is 16.0 Å². The molecule has 1 aliphatic rings. The molecular formula is C23H33ClN2O3Si. The predicted octanol–water partition coefficient (Wildman–Crippen LogP) is 4.58. The van der Waals surface area contributed by atoms with E-state index in [9.17, 15) is 9.59 Å². The number of hydrogen-bond donors (Lipinski definition) is 0. The molecule has 1 heterocycles. The molecule has 0 atom stereocenters. The van der Waals surface area contributed by atoms with Gasteiger partial charge in [0.25, 0.3) is 11.7 Å².